The van der Waals surface area contributed by atoms with Crippen molar-refractivity contribution in [2.75, 3.05) is 19.3 Å². The van der Waals surface area contributed by atoms with E-state index in [0.29, 0.717) is 12.5 Å². The number of guanidine groups is 1. The topological polar surface area (TPSA) is 45.7 Å². The molecule has 4 nitrogen and oxygen atoms in total. The number of alkyl halides is 2. The smallest absolute Gasteiger partial charge is 0.387 e. The fourth-order valence-corrected chi connectivity index (χ4v) is 2.88. The summed E-state index contributed by atoms with van der Waals surface area (Å²) in [4.78, 5) is 5.38. The predicted molar refractivity (Wildman–Crippen MR) is 114 cm³/mol. The third-order valence-electron chi connectivity index (χ3n) is 3.21. The van der Waals surface area contributed by atoms with Crippen molar-refractivity contribution in [3.8, 4) is 5.75 Å². The van der Waals surface area contributed by atoms with E-state index in [2.05, 4.69) is 32.5 Å². The molecule has 0 spiro atoms. The SMILES string of the molecule is CN=C(NCCSc1ccccc1)NCc1cccc(OC(F)F)c1.I. The molecule has 142 valence electrons. The predicted octanol–water partition coefficient (Wildman–Crippen LogP) is 4.36. The number of ether oxygens (including phenoxy) is 1. The quantitative estimate of drug-likeness (QED) is 0.189. The van der Waals surface area contributed by atoms with Crippen LogP contribution in [-0.2, 0) is 6.54 Å². The van der Waals surface area contributed by atoms with Crippen LogP contribution >= 0.6 is 35.7 Å². The second kappa shape index (κ2) is 12.7. The summed E-state index contributed by atoms with van der Waals surface area (Å²) in [6.45, 7) is -1.60. The molecule has 0 saturated heterocycles. The molecule has 0 amide bonds. The Kier molecular flexibility index (Phi) is 11.0. The third kappa shape index (κ3) is 8.70. The molecule has 26 heavy (non-hydrogen) atoms. The first-order chi connectivity index (χ1) is 12.2. The van der Waals surface area contributed by atoms with E-state index in [1.54, 1.807) is 30.9 Å². The van der Waals surface area contributed by atoms with Crippen molar-refractivity contribution in [2.45, 2.75) is 18.1 Å². The zero-order valence-electron chi connectivity index (χ0n) is 14.3. The van der Waals surface area contributed by atoms with Crippen molar-refractivity contribution >= 4 is 41.7 Å². The van der Waals surface area contributed by atoms with Gasteiger partial charge in [-0.1, -0.05) is 30.3 Å². The minimum absolute atomic E-state index is 0. The standard InChI is InChI=1S/C18H21F2N3OS.HI/c1-21-18(22-10-11-25-16-8-3-2-4-9-16)23-13-14-6-5-7-15(12-14)24-17(19)20;/h2-9,12,17H,10-11,13H2,1H3,(H2,21,22,23);1H. The summed E-state index contributed by atoms with van der Waals surface area (Å²) in [7, 11) is 1.69. The minimum atomic E-state index is -2.82. The van der Waals surface area contributed by atoms with Crippen LogP contribution in [0.5, 0.6) is 5.75 Å². The van der Waals surface area contributed by atoms with Crippen molar-refractivity contribution in [1.29, 1.82) is 0 Å². The number of benzene rings is 2. The fraction of sp³-hybridized carbons (Fsp3) is 0.278. The maximum atomic E-state index is 12.2. The van der Waals surface area contributed by atoms with Gasteiger partial charge < -0.3 is 15.4 Å². The molecule has 0 unspecified atom stereocenters. The third-order valence-corrected chi connectivity index (χ3v) is 4.23. The van der Waals surface area contributed by atoms with E-state index in [4.69, 9.17) is 0 Å². The number of rotatable bonds is 8. The lowest BCUT2D eigenvalue weighted by atomic mass is 10.2. The molecule has 2 rings (SSSR count). The van der Waals surface area contributed by atoms with Gasteiger partial charge in [-0.3, -0.25) is 4.99 Å². The average molecular weight is 493 g/mol. The summed E-state index contributed by atoms with van der Waals surface area (Å²) in [6, 6.07) is 16.8. The molecule has 0 aliphatic carbocycles. The van der Waals surface area contributed by atoms with E-state index in [1.165, 1.54) is 11.0 Å². The van der Waals surface area contributed by atoms with Crippen LogP contribution in [0.25, 0.3) is 0 Å². The van der Waals surface area contributed by atoms with Gasteiger partial charge in [0.25, 0.3) is 0 Å². The Labute approximate surface area is 173 Å². The molecule has 0 atom stereocenters. The van der Waals surface area contributed by atoms with Crippen LogP contribution in [0, 0.1) is 0 Å². The second-order valence-corrected chi connectivity index (χ2v) is 6.21. The van der Waals surface area contributed by atoms with E-state index in [-0.39, 0.29) is 29.7 Å². The zero-order valence-corrected chi connectivity index (χ0v) is 17.5. The molecule has 0 aliphatic heterocycles. The van der Waals surface area contributed by atoms with Crippen molar-refractivity contribution in [2.24, 2.45) is 4.99 Å². The molecular formula is C18H22F2IN3OS. The summed E-state index contributed by atoms with van der Waals surface area (Å²) in [5.41, 5.74) is 0.833. The van der Waals surface area contributed by atoms with Crippen LogP contribution in [0.15, 0.2) is 64.5 Å². The number of nitrogens with zero attached hydrogens (tertiary/aromatic N) is 1. The van der Waals surface area contributed by atoms with Gasteiger partial charge in [-0.05, 0) is 29.8 Å². The number of hydrogen-bond donors (Lipinski definition) is 2. The number of halogens is 3. The molecule has 0 fully saturated rings. The Morgan fingerprint density at radius 1 is 1.12 bits per heavy atom. The number of thioether (sulfide) groups is 1. The van der Waals surface area contributed by atoms with Gasteiger partial charge in [0.05, 0.1) is 0 Å². The lowest BCUT2D eigenvalue weighted by Gasteiger charge is -2.12. The average Bonchev–Trinajstić information content (AvgIpc) is 2.62. The number of nitrogens with one attached hydrogen (secondary N) is 2. The van der Waals surface area contributed by atoms with Gasteiger partial charge in [0.1, 0.15) is 5.75 Å². The maximum absolute atomic E-state index is 12.2. The summed E-state index contributed by atoms with van der Waals surface area (Å²) in [6.07, 6.45) is 0. The highest BCUT2D eigenvalue weighted by molar-refractivity contribution is 14.0. The molecule has 2 aromatic carbocycles. The molecule has 0 heterocycles. The van der Waals surface area contributed by atoms with Gasteiger partial charge in [0.15, 0.2) is 5.96 Å². The molecule has 0 aliphatic rings. The first-order valence-electron chi connectivity index (χ1n) is 7.83. The molecule has 0 aromatic heterocycles. The molecule has 8 heteroatoms. The van der Waals surface area contributed by atoms with E-state index in [0.717, 1.165) is 17.9 Å². The maximum Gasteiger partial charge on any atom is 0.387 e. The van der Waals surface area contributed by atoms with E-state index >= 15 is 0 Å². The van der Waals surface area contributed by atoms with Crippen molar-refractivity contribution in [3.05, 3.63) is 60.2 Å². The molecule has 0 saturated carbocycles. The Hall–Kier alpha value is -1.55. The Morgan fingerprint density at radius 3 is 2.58 bits per heavy atom. The van der Waals surface area contributed by atoms with Gasteiger partial charge in [0.2, 0.25) is 0 Å². The van der Waals surface area contributed by atoms with Crippen LogP contribution in [0.3, 0.4) is 0 Å². The van der Waals surface area contributed by atoms with Gasteiger partial charge in [-0.15, -0.1) is 35.7 Å². The molecular weight excluding hydrogens is 471 g/mol. The van der Waals surface area contributed by atoms with Gasteiger partial charge in [0, 0.05) is 30.8 Å². The Balaban J connectivity index is 0.00000338. The molecule has 0 radical (unpaired) electrons. The summed E-state index contributed by atoms with van der Waals surface area (Å²) >= 11 is 1.76. The summed E-state index contributed by atoms with van der Waals surface area (Å²) < 4.78 is 28.9. The van der Waals surface area contributed by atoms with Gasteiger partial charge in [-0.2, -0.15) is 8.78 Å². The molecule has 2 aromatic rings. The van der Waals surface area contributed by atoms with E-state index < -0.39 is 6.61 Å². The molecule has 2 N–H and O–H groups in total. The monoisotopic (exact) mass is 493 g/mol. The van der Waals surface area contributed by atoms with E-state index in [1.807, 2.05) is 24.3 Å². The van der Waals surface area contributed by atoms with Crippen LogP contribution in [0.2, 0.25) is 0 Å². The van der Waals surface area contributed by atoms with Crippen LogP contribution < -0.4 is 15.4 Å². The molecule has 0 bridgehead atoms. The highest BCUT2D eigenvalue weighted by atomic mass is 127. The van der Waals surface area contributed by atoms with Gasteiger partial charge >= 0.3 is 6.61 Å². The van der Waals surface area contributed by atoms with Crippen molar-refractivity contribution < 1.29 is 13.5 Å². The fourth-order valence-electron chi connectivity index (χ4n) is 2.09. The summed E-state index contributed by atoms with van der Waals surface area (Å²) in [5.74, 6) is 1.72. The van der Waals surface area contributed by atoms with E-state index in [9.17, 15) is 8.78 Å². The van der Waals surface area contributed by atoms with Crippen LogP contribution in [0.4, 0.5) is 8.78 Å². The lowest BCUT2D eigenvalue weighted by molar-refractivity contribution is -0.0498. The highest BCUT2D eigenvalue weighted by Crippen LogP contribution is 2.16. The lowest BCUT2D eigenvalue weighted by Crippen LogP contribution is -2.37. The number of aliphatic imine (C=N–C) groups is 1. The number of hydrogen-bond acceptors (Lipinski definition) is 3. The highest BCUT2D eigenvalue weighted by Gasteiger charge is 2.05. The van der Waals surface area contributed by atoms with Crippen LogP contribution in [-0.4, -0.2) is 31.9 Å². The van der Waals surface area contributed by atoms with Crippen molar-refractivity contribution in [1.82, 2.24) is 10.6 Å². The zero-order chi connectivity index (χ0) is 17.9. The first kappa shape index (κ1) is 22.5. The minimum Gasteiger partial charge on any atom is -0.435 e. The normalized spacial score (nSPS) is 11.0. The van der Waals surface area contributed by atoms with Crippen LogP contribution in [0.1, 0.15) is 5.56 Å². The largest absolute Gasteiger partial charge is 0.435 e. The Bertz CT molecular complexity index is 674. The Morgan fingerprint density at radius 2 is 1.88 bits per heavy atom. The first-order valence-corrected chi connectivity index (χ1v) is 8.82. The van der Waals surface area contributed by atoms with Gasteiger partial charge in [-0.25, -0.2) is 0 Å². The van der Waals surface area contributed by atoms with Crippen molar-refractivity contribution in [3.63, 3.8) is 0 Å². The second-order valence-electron chi connectivity index (χ2n) is 5.04. The summed E-state index contributed by atoms with van der Waals surface area (Å²) in [5, 5.41) is 6.38.